The van der Waals surface area contributed by atoms with E-state index < -0.39 is 0 Å². The zero-order valence-electron chi connectivity index (χ0n) is 13.3. The molecule has 0 spiro atoms. The summed E-state index contributed by atoms with van der Waals surface area (Å²) in [6.07, 6.45) is 0.504. The maximum absolute atomic E-state index is 11.9. The van der Waals surface area contributed by atoms with E-state index >= 15 is 0 Å². The van der Waals surface area contributed by atoms with Gasteiger partial charge in [0, 0.05) is 25.0 Å². The number of hydrogen-bond donors (Lipinski definition) is 0. The van der Waals surface area contributed by atoms with Crippen molar-refractivity contribution in [2.45, 2.75) is 53.1 Å². The molecule has 0 saturated heterocycles. The summed E-state index contributed by atoms with van der Waals surface area (Å²) in [5, 5.41) is 0. The lowest BCUT2D eigenvalue weighted by molar-refractivity contribution is 0.0981. The van der Waals surface area contributed by atoms with Crippen LogP contribution in [0.2, 0.25) is 0 Å². The summed E-state index contributed by atoms with van der Waals surface area (Å²) < 4.78 is 5.83. The van der Waals surface area contributed by atoms with Gasteiger partial charge >= 0.3 is 0 Å². The van der Waals surface area contributed by atoms with Crippen molar-refractivity contribution < 1.29 is 9.53 Å². The summed E-state index contributed by atoms with van der Waals surface area (Å²) in [4.78, 5) is 14.2. The van der Waals surface area contributed by atoms with Crippen LogP contribution in [0.4, 0.5) is 0 Å². The molecule has 0 N–H and O–H groups in total. The SMILES string of the molecule is CCC(=O)c1ccccc1OCCN(C(C)C)C(C)C. The van der Waals surface area contributed by atoms with Gasteiger partial charge in [0.2, 0.25) is 0 Å². The molecule has 3 heteroatoms. The lowest BCUT2D eigenvalue weighted by Crippen LogP contribution is -2.39. The minimum absolute atomic E-state index is 0.130. The van der Waals surface area contributed by atoms with E-state index in [9.17, 15) is 4.79 Å². The van der Waals surface area contributed by atoms with Crippen LogP contribution < -0.4 is 4.74 Å². The molecular weight excluding hydrogens is 250 g/mol. The summed E-state index contributed by atoms with van der Waals surface area (Å²) >= 11 is 0. The number of Topliss-reactive ketones (excluding diaryl/α,β-unsaturated/α-hetero) is 1. The Labute approximate surface area is 122 Å². The quantitative estimate of drug-likeness (QED) is 0.677. The van der Waals surface area contributed by atoms with Crippen molar-refractivity contribution in [1.29, 1.82) is 0 Å². The Kier molecular flexibility index (Phi) is 6.73. The summed E-state index contributed by atoms with van der Waals surface area (Å²) in [6, 6.07) is 8.48. The van der Waals surface area contributed by atoms with Crippen molar-refractivity contribution in [3.8, 4) is 5.75 Å². The van der Waals surface area contributed by atoms with Gasteiger partial charge in [0.1, 0.15) is 12.4 Å². The van der Waals surface area contributed by atoms with Crippen LogP contribution in [0.1, 0.15) is 51.4 Å². The molecule has 0 aromatic heterocycles. The number of carbonyl (C=O) groups excluding carboxylic acids is 1. The standard InChI is InChI=1S/C17H27NO2/c1-6-16(19)15-9-7-8-10-17(15)20-12-11-18(13(2)3)14(4)5/h7-10,13-14H,6,11-12H2,1-5H3. The molecular formula is C17H27NO2. The van der Waals surface area contributed by atoms with Crippen LogP contribution in [0.15, 0.2) is 24.3 Å². The van der Waals surface area contributed by atoms with Gasteiger partial charge in [-0.15, -0.1) is 0 Å². The third kappa shape index (κ3) is 4.64. The number of ether oxygens (including phenoxy) is 1. The van der Waals surface area contributed by atoms with Crippen LogP contribution in [-0.4, -0.2) is 35.9 Å². The van der Waals surface area contributed by atoms with Crippen LogP contribution in [0, 0.1) is 0 Å². The van der Waals surface area contributed by atoms with E-state index in [0.717, 1.165) is 6.54 Å². The maximum Gasteiger partial charge on any atom is 0.166 e. The Balaban J connectivity index is 2.64. The fourth-order valence-corrected chi connectivity index (χ4v) is 2.39. The monoisotopic (exact) mass is 277 g/mol. The second kappa shape index (κ2) is 8.05. The van der Waals surface area contributed by atoms with Gasteiger partial charge in [-0.2, -0.15) is 0 Å². The third-order valence-corrected chi connectivity index (χ3v) is 3.44. The smallest absolute Gasteiger partial charge is 0.166 e. The molecule has 3 nitrogen and oxygen atoms in total. The van der Waals surface area contributed by atoms with Crippen molar-refractivity contribution in [3.05, 3.63) is 29.8 Å². The average molecular weight is 277 g/mol. The van der Waals surface area contributed by atoms with E-state index in [2.05, 4.69) is 32.6 Å². The van der Waals surface area contributed by atoms with Crippen molar-refractivity contribution >= 4 is 5.78 Å². The normalized spacial score (nSPS) is 11.4. The first-order valence-corrected chi connectivity index (χ1v) is 7.48. The lowest BCUT2D eigenvalue weighted by Gasteiger charge is -2.30. The molecule has 1 aromatic carbocycles. The molecule has 0 atom stereocenters. The second-order valence-electron chi connectivity index (χ2n) is 5.55. The molecule has 0 radical (unpaired) electrons. The van der Waals surface area contributed by atoms with Crippen molar-refractivity contribution in [2.75, 3.05) is 13.2 Å². The predicted molar refractivity (Wildman–Crippen MR) is 83.5 cm³/mol. The number of nitrogens with zero attached hydrogens (tertiary/aromatic N) is 1. The van der Waals surface area contributed by atoms with E-state index in [-0.39, 0.29) is 5.78 Å². The van der Waals surface area contributed by atoms with E-state index in [0.29, 0.717) is 36.4 Å². The number of rotatable bonds is 8. The minimum atomic E-state index is 0.130. The highest BCUT2D eigenvalue weighted by atomic mass is 16.5. The first kappa shape index (κ1) is 16.7. The minimum Gasteiger partial charge on any atom is -0.491 e. The molecule has 1 aromatic rings. The van der Waals surface area contributed by atoms with Gasteiger partial charge in [0.15, 0.2) is 5.78 Å². The van der Waals surface area contributed by atoms with Crippen LogP contribution in [-0.2, 0) is 0 Å². The number of benzene rings is 1. The first-order valence-electron chi connectivity index (χ1n) is 7.48. The summed E-state index contributed by atoms with van der Waals surface area (Å²) in [5.74, 6) is 0.831. The average Bonchev–Trinajstić information content (AvgIpc) is 2.42. The fourth-order valence-electron chi connectivity index (χ4n) is 2.39. The maximum atomic E-state index is 11.9. The summed E-state index contributed by atoms with van der Waals surface area (Å²) in [6.45, 7) is 12.1. The number of carbonyl (C=O) groups is 1. The lowest BCUT2D eigenvalue weighted by atomic mass is 10.1. The van der Waals surface area contributed by atoms with Crippen LogP contribution in [0.3, 0.4) is 0 Å². The van der Waals surface area contributed by atoms with Crippen molar-refractivity contribution in [1.82, 2.24) is 4.90 Å². The molecule has 0 bridgehead atoms. The molecule has 1 rings (SSSR count). The highest BCUT2D eigenvalue weighted by molar-refractivity contribution is 5.98. The molecule has 0 saturated carbocycles. The largest absolute Gasteiger partial charge is 0.491 e. The van der Waals surface area contributed by atoms with E-state index in [1.807, 2.05) is 31.2 Å². The zero-order valence-corrected chi connectivity index (χ0v) is 13.3. The van der Waals surface area contributed by atoms with Gasteiger partial charge < -0.3 is 4.74 Å². The third-order valence-electron chi connectivity index (χ3n) is 3.44. The second-order valence-corrected chi connectivity index (χ2v) is 5.55. The van der Waals surface area contributed by atoms with Crippen LogP contribution >= 0.6 is 0 Å². The molecule has 0 aliphatic heterocycles. The van der Waals surface area contributed by atoms with Crippen molar-refractivity contribution in [2.24, 2.45) is 0 Å². The summed E-state index contributed by atoms with van der Waals surface area (Å²) in [7, 11) is 0. The van der Waals surface area contributed by atoms with Crippen LogP contribution in [0.25, 0.3) is 0 Å². The molecule has 0 aliphatic carbocycles. The van der Waals surface area contributed by atoms with Gasteiger partial charge in [0.05, 0.1) is 5.56 Å². The Bertz CT molecular complexity index is 419. The topological polar surface area (TPSA) is 29.5 Å². The Morgan fingerprint density at radius 1 is 1.15 bits per heavy atom. The molecule has 0 amide bonds. The first-order chi connectivity index (χ1) is 9.47. The molecule has 0 unspecified atom stereocenters. The summed E-state index contributed by atoms with van der Waals surface area (Å²) in [5.41, 5.74) is 0.690. The fraction of sp³-hybridized carbons (Fsp3) is 0.588. The van der Waals surface area contributed by atoms with Gasteiger partial charge in [-0.1, -0.05) is 19.1 Å². The Morgan fingerprint density at radius 3 is 2.30 bits per heavy atom. The highest BCUT2D eigenvalue weighted by Gasteiger charge is 2.14. The van der Waals surface area contributed by atoms with Gasteiger partial charge in [-0.3, -0.25) is 9.69 Å². The molecule has 112 valence electrons. The van der Waals surface area contributed by atoms with E-state index in [1.165, 1.54) is 0 Å². The van der Waals surface area contributed by atoms with Gasteiger partial charge in [-0.25, -0.2) is 0 Å². The Morgan fingerprint density at radius 2 is 1.75 bits per heavy atom. The van der Waals surface area contributed by atoms with Crippen molar-refractivity contribution in [3.63, 3.8) is 0 Å². The molecule has 0 fully saturated rings. The number of para-hydroxylation sites is 1. The molecule has 20 heavy (non-hydrogen) atoms. The number of hydrogen-bond acceptors (Lipinski definition) is 3. The highest BCUT2D eigenvalue weighted by Crippen LogP contribution is 2.19. The van der Waals surface area contributed by atoms with E-state index in [4.69, 9.17) is 4.74 Å². The zero-order chi connectivity index (χ0) is 15.1. The molecule has 0 aliphatic rings. The van der Waals surface area contributed by atoms with Crippen LogP contribution in [0.5, 0.6) is 5.75 Å². The molecule has 0 heterocycles. The Hall–Kier alpha value is -1.35. The van der Waals surface area contributed by atoms with E-state index in [1.54, 1.807) is 0 Å². The predicted octanol–water partition coefficient (Wildman–Crippen LogP) is 3.78. The van der Waals surface area contributed by atoms with Gasteiger partial charge in [-0.05, 0) is 39.8 Å². The number of ketones is 1. The van der Waals surface area contributed by atoms with Gasteiger partial charge in [0.25, 0.3) is 0 Å².